The number of aryl methyl sites for hydroxylation is 1. The topological polar surface area (TPSA) is 116 Å². The van der Waals surface area contributed by atoms with Crippen LogP contribution in [-0.2, 0) is 33.4 Å². The van der Waals surface area contributed by atoms with Crippen LogP contribution >= 0.6 is 0 Å². The lowest BCUT2D eigenvalue weighted by Crippen LogP contribution is -2.47. The molecule has 2 amide bonds. The van der Waals surface area contributed by atoms with Crippen molar-refractivity contribution in [3.05, 3.63) is 42.0 Å². The Morgan fingerprint density at radius 2 is 1.85 bits per heavy atom. The van der Waals surface area contributed by atoms with Crippen molar-refractivity contribution < 1.29 is 36.5 Å². The Balaban J connectivity index is 1.61. The summed E-state index contributed by atoms with van der Waals surface area (Å²) in [4.78, 5) is 38.0. The van der Waals surface area contributed by atoms with Gasteiger partial charge in [0.2, 0.25) is 0 Å². The molecule has 1 fully saturated rings. The Hall–Kier alpha value is -2.72. The summed E-state index contributed by atoms with van der Waals surface area (Å²) in [6.45, 7) is 6.86. The SMILES string of the molecule is Cc1ccc(S(=O)(=O)OCCC[C@H]2OC(=O)C[C@@H]2C2C=CC(=O)N2C(=O)OC(C)(C)C)cc1. The molecule has 10 heteroatoms. The highest BCUT2D eigenvalue weighted by molar-refractivity contribution is 7.86. The van der Waals surface area contributed by atoms with Crippen LogP contribution in [0.4, 0.5) is 4.79 Å². The lowest BCUT2D eigenvalue weighted by Gasteiger charge is -2.31. The number of hydrogen-bond donors (Lipinski definition) is 0. The molecule has 33 heavy (non-hydrogen) atoms. The van der Waals surface area contributed by atoms with E-state index >= 15 is 0 Å². The smallest absolute Gasteiger partial charge is 0.417 e. The van der Waals surface area contributed by atoms with Crippen molar-refractivity contribution in [2.24, 2.45) is 5.92 Å². The van der Waals surface area contributed by atoms with E-state index in [4.69, 9.17) is 13.7 Å². The number of carbonyl (C=O) groups is 3. The highest BCUT2D eigenvalue weighted by atomic mass is 32.2. The minimum Gasteiger partial charge on any atom is -0.462 e. The monoisotopic (exact) mass is 479 g/mol. The third-order valence-electron chi connectivity index (χ3n) is 5.34. The molecule has 1 unspecified atom stereocenters. The molecular weight excluding hydrogens is 450 g/mol. The first-order valence-corrected chi connectivity index (χ1v) is 12.2. The van der Waals surface area contributed by atoms with Crippen molar-refractivity contribution in [1.82, 2.24) is 4.90 Å². The minimum absolute atomic E-state index is 0.0365. The van der Waals surface area contributed by atoms with Crippen LogP contribution in [0, 0.1) is 12.8 Å². The maximum atomic E-state index is 12.6. The first-order valence-electron chi connectivity index (χ1n) is 10.8. The molecule has 1 saturated heterocycles. The second kappa shape index (κ2) is 9.64. The van der Waals surface area contributed by atoms with Gasteiger partial charge in [0, 0.05) is 12.0 Å². The second-order valence-electron chi connectivity index (χ2n) is 9.17. The van der Waals surface area contributed by atoms with E-state index in [1.807, 2.05) is 6.92 Å². The van der Waals surface area contributed by atoms with Crippen LogP contribution in [0.15, 0.2) is 41.3 Å². The van der Waals surface area contributed by atoms with Crippen molar-refractivity contribution in [2.45, 2.75) is 69.6 Å². The Morgan fingerprint density at radius 1 is 1.18 bits per heavy atom. The number of esters is 1. The number of rotatable bonds is 7. The van der Waals surface area contributed by atoms with Gasteiger partial charge in [-0.05, 0) is 52.7 Å². The standard InChI is InChI=1S/C23H29NO8S/c1-15-7-9-16(10-8-15)33(28,29)30-13-5-6-19-17(14-21(26)31-19)18-11-12-20(25)24(18)22(27)32-23(2,3)4/h7-12,17-19H,5-6,13-14H2,1-4H3/t17-,18?,19-/m1/s1. The summed E-state index contributed by atoms with van der Waals surface area (Å²) in [7, 11) is -3.89. The van der Waals surface area contributed by atoms with Gasteiger partial charge in [0.1, 0.15) is 11.7 Å². The van der Waals surface area contributed by atoms with Gasteiger partial charge in [-0.25, -0.2) is 9.69 Å². The summed E-state index contributed by atoms with van der Waals surface area (Å²) in [5.41, 5.74) is 0.148. The number of nitrogens with zero attached hydrogens (tertiary/aromatic N) is 1. The van der Waals surface area contributed by atoms with Gasteiger partial charge in [-0.2, -0.15) is 8.42 Å². The summed E-state index contributed by atoms with van der Waals surface area (Å²) in [5.74, 6) is -1.41. The number of amides is 2. The first-order chi connectivity index (χ1) is 15.4. The van der Waals surface area contributed by atoms with Crippen molar-refractivity contribution in [3.8, 4) is 0 Å². The highest BCUT2D eigenvalue weighted by Crippen LogP contribution is 2.34. The van der Waals surface area contributed by atoms with Crippen LogP contribution in [0.1, 0.15) is 45.6 Å². The quantitative estimate of drug-likeness (QED) is 0.333. The molecule has 0 bridgehead atoms. The molecule has 2 aliphatic rings. The van der Waals surface area contributed by atoms with Crippen LogP contribution < -0.4 is 0 Å². The third-order valence-corrected chi connectivity index (χ3v) is 6.67. The van der Waals surface area contributed by atoms with E-state index in [1.54, 1.807) is 39.0 Å². The molecule has 3 atom stereocenters. The molecule has 0 saturated carbocycles. The van der Waals surface area contributed by atoms with Crippen LogP contribution in [0.5, 0.6) is 0 Å². The number of cyclic esters (lactones) is 1. The van der Waals surface area contributed by atoms with Crippen LogP contribution in [0.2, 0.25) is 0 Å². The summed E-state index contributed by atoms with van der Waals surface area (Å²) in [5, 5.41) is 0. The van der Waals surface area contributed by atoms with Crippen LogP contribution in [0.3, 0.4) is 0 Å². The summed E-state index contributed by atoms with van der Waals surface area (Å²) in [6, 6.07) is 5.65. The summed E-state index contributed by atoms with van der Waals surface area (Å²) < 4.78 is 40.5. The maximum Gasteiger partial charge on any atom is 0.417 e. The van der Waals surface area contributed by atoms with Gasteiger partial charge >= 0.3 is 12.1 Å². The second-order valence-corrected chi connectivity index (χ2v) is 10.8. The third kappa shape index (κ3) is 6.20. The fraction of sp³-hybridized carbons (Fsp3) is 0.522. The Morgan fingerprint density at radius 3 is 2.48 bits per heavy atom. The molecule has 180 valence electrons. The molecule has 0 spiro atoms. The number of imide groups is 1. The van der Waals surface area contributed by atoms with Gasteiger partial charge in [-0.1, -0.05) is 23.8 Å². The van der Waals surface area contributed by atoms with Gasteiger partial charge < -0.3 is 9.47 Å². The number of hydrogen-bond acceptors (Lipinski definition) is 8. The Bertz CT molecular complexity index is 1040. The molecule has 0 aliphatic carbocycles. The zero-order chi connectivity index (χ0) is 24.4. The van der Waals surface area contributed by atoms with E-state index in [9.17, 15) is 22.8 Å². The van der Waals surface area contributed by atoms with E-state index in [0.29, 0.717) is 12.8 Å². The maximum absolute atomic E-state index is 12.6. The Labute approximate surface area is 193 Å². The van der Waals surface area contributed by atoms with Crippen LogP contribution in [0.25, 0.3) is 0 Å². The molecule has 2 heterocycles. The van der Waals surface area contributed by atoms with Gasteiger partial charge in [0.25, 0.3) is 16.0 Å². The average molecular weight is 480 g/mol. The number of ether oxygens (including phenoxy) is 2. The fourth-order valence-corrected chi connectivity index (χ4v) is 4.76. The van der Waals surface area contributed by atoms with E-state index < -0.39 is 51.8 Å². The van der Waals surface area contributed by atoms with Gasteiger partial charge in [-0.3, -0.25) is 13.8 Å². The van der Waals surface area contributed by atoms with Crippen molar-refractivity contribution >= 4 is 28.1 Å². The van der Waals surface area contributed by atoms with Gasteiger partial charge in [0.15, 0.2) is 0 Å². The molecule has 0 radical (unpaired) electrons. The number of carbonyl (C=O) groups excluding carboxylic acids is 3. The predicted molar refractivity (Wildman–Crippen MR) is 118 cm³/mol. The fourth-order valence-electron chi connectivity index (χ4n) is 3.82. The molecule has 2 aliphatic heterocycles. The molecule has 3 rings (SSSR count). The van der Waals surface area contributed by atoms with E-state index in [0.717, 1.165) is 10.5 Å². The molecule has 1 aromatic rings. The van der Waals surface area contributed by atoms with E-state index in [2.05, 4.69) is 0 Å². The molecule has 0 aromatic heterocycles. The van der Waals surface area contributed by atoms with E-state index in [-0.39, 0.29) is 17.9 Å². The largest absolute Gasteiger partial charge is 0.462 e. The van der Waals surface area contributed by atoms with Crippen LogP contribution in [-0.4, -0.2) is 55.6 Å². The molecule has 0 N–H and O–H groups in total. The Kier molecular flexibility index (Phi) is 7.28. The highest BCUT2D eigenvalue weighted by Gasteiger charge is 2.46. The first kappa shape index (κ1) is 24.9. The zero-order valence-electron chi connectivity index (χ0n) is 19.1. The van der Waals surface area contributed by atoms with Gasteiger partial charge in [0.05, 0.1) is 24.0 Å². The number of benzene rings is 1. The lowest BCUT2D eigenvalue weighted by atomic mass is 9.90. The summed E-state index contributed by atoms with van der Waals surface area (Å²) >= 11 is 0. The van der Waals surface area contributed by atoms with E-state index in [1.165, 1.54) is 18.2 Å². The predicted octanol–water partition coefficient (Wildman–Crippen LogP) is 3.11. The average Bonchev–Trinajstić information content (AvgIpc) is 3.26. The molecular formula is C23H29NO8S. The lowest BCUT2D eigenvalue weighted by molar-refractivity contribution is -0.141. The summed E-state index contributed by atoms with van der Waals surface area (Å²) in [6.07, 6.45) is 2.14. The van der Waals surface area contributed by atoms with Gasteiger partial charge in [-0.15, -0.1) is 0 Å². The van der Waals surface area contributed by atoms with Crippen molar-refractivity contribution in [3.63, 3.8) is 0 Å². The zero-order valence-corrected chi connectivity index (χ0v) is 20.0. The minimum atomic E-state index is -3.89. The van der Waals surface area contributed by atoms with Crippen molar-refractivity contribution in [2.75, 3.05) is 6.61 Å². The molecule has 1 aromatic carbocycles. The molecule has 9 nitrogen and oxygen atoms in total. The normalized spacial score (nSPS) is 23.2. The van der Waals surface area contributed by atoms with Crippen molar-refractivity contribution in [1.29, 1.82) is 0 Å².